The number of carbonyl (C=O) groups is 1. The Balaban J connectivity index is 3.05. The second kappa shape index (κ2) is 6.05. The molecule has 0 aliphatic rings. The fourth-order valence-electron chi connectivity index (χ4n) is 1.28. The van der Waals surface area contributed by atoms with Crippen LogP contribution in [0.3, 0.4) is 0 Å². The SMILES string of the molecule is CC(C)C(Br)C(=O)Nc1cc([N+](=O)[O-])c(F)cc1F. The molecule has 0 bridgehead atoms. The van der Waals surface area contributed by atoms with Gasteiger partial charge in [0.2, 0.25) is 11.7 Å². The number of alkyl halides is 1. The van der Waals surface area contributed by atoms with Gasteiger partial charge in [0, 0.05) is 12.1 Å². The van der Waals surface area contributed by atoms with Gasteiger partial charge in [-0.3, -0.25) is 14.9 Å². The number of nitrogens with zero attached hydrogens (tertiary/aromatic N) is 1. The van der Waals surface area contributed by atoms with Crippen LogP contribution in [0.15, 0.2) is 12.1 Å². The molecular weight excluding hydrogens is 326 g/mol. The van der Waals surface area contributed by atoms with E-state index in [1.165, 1.54) is 0 Å². The molecule has 0 spiro atoms. The van der Waals surface area contributed by atoms with Crippen LogP contribution in [0.25, 0.3) is 0 Å². The van der Waals surface area contributed by atoms with E-state index in [1.54, 1.807) is 13.8 Å². The number of nitro groups is 1. The van der Waals surface area contributed by atoms with Crippen molar-refractivity contribution in [1.82, 2.24) is 0 Å². The zero-order valence-corrected chi connectivity index (χ0v) is 11.7. The Morgan fingerprint density at radius 1 is 1.37 bits per heavy atom. The van der Waals surface area contributed by atoms with Crippen molar-refractivity contribution in [3.05, 3.63) is 33.9 Å². The molecule has 0 aromatic heterocycles. The number of rotatable bonds is 4. The normalized spacial score (nSPS) is 12.3. The van der Waals surface area contributed by atoms with Gasteiger partial charge in [-0.15, -0.1) is 0 Å². The molecule has 1 rings (SSSR count). The lowest BCUT2D eigenvalue weighted by atomic mass is 10.1. The van der Waals surface area contributed by atoms with Crippen LogP contribution in [0.4, 0.5) is 20.2 Å². The van der Waals surface area contributed by atoms with Crippen molar-refractivity contribution < 1.29 is 18.5 Å². The minimum atomic E-state index is -1.29. The molecule has 8 heteroatoms. The maximum atomic E-state index is 13.4. The number of carbonyl (C=O) groups excluding carboxylic acids is 1. The first-order valence-corrected chi connectivity index (χ1v) is 6.24. The number of nitrogens with one attached hydrogen (secondary N) is 1. The summed E-state index contributed by atoms with van der Waals surface area (Å²) in [4.78, 5) is 20.6. The van der Waals surface area contributed by atoms with Gasteiger partial charge in [-0.25, -0.2) is 4.39 Å². The van der Waals surface area contributed by atoms with Gasteiger partial charge in [0.25, 0.3) is 0 Å². The Kier molecular flexibility index (Phi) is 4.93. The molecule has 19 heavy (non-hydrogen) atoms. The van der Waals surface area contributed by atoms with Gasteiger partial charge in [0.05, 0.1) is 15.4 Å². The summed E-state index contributed by atoms with van der Waals surface area (Å²) in [6, 6.07) is 1.02. The molecule has 1 N–H and O–H groups in total. The molecule has 1 atom stereocenters. The molecule has 1 aromatic carbocycles. The summed E-state index contributed by atoms with van der Waals surface area (Å²) in [6.07, 6.45) is 0. The average molecular weight is 337 g/mol. The molecule has 0 aliphatic heterocycles. The second-order valence-electron chi connectivity index (χ2n) is 4.18. The third-order valence-electron chi connectivity index (χ3n) is 2.33. The van der Waals surface area contributed by atoms with Crippen LogP contribution < -0.4 is 5.32 Å². The molecule has 0 heterocycles. The number of halogens is 3. The van der Waals surface area contributed by atoms with Gasteiger partial charge >= 0.3 is 5.69 Å². The molecule has 5 nitrogen and oxygen atoms in total. The van der Waals surface area contributed by atoms with Crippen LogP contribution in [0.2, 0.25) is 0 Å². The van der Waals surface area contributed by atoms with Crippen LogP contribution in [0.5, 0.6) is 0 Å². The smallest absolute Gasteiger partial charge is 0.307 e. The fourth-order valence-corrected chi connectivity index (χ4v) is 1.39. The third-order valence-corrected chi connectivity index (χ3v) is 3.80. The summed E-state index contributed by atoms with van der Waals surface area (Å²) in [5, 5.41) is 12.7. The van der Waals surface area contributed by atoms with E-state index in [4.69, 9.17) is 0 Å². The van der Waals surface area contributed by atoms with E-state index in [0.717, 1.165) is 0 Å². The lowest BCUT2D eigenvalue weighted by Gasteiger charge is -2.14. The summed E-state index contributed by atoms with van der Waals surface area (Å²) < 4.78 is 26.5. The quantitative estimate of drug-likeness (QED) is 0.521. The highest BCUT2D eigenvalue weighted by Gasteiger charge is 2.23. The summed E-state index contributed by atoms with van der Waals surface area (Å²) in [5.74, 6) is -2.98. The predicted octanol–water partition coefficient (Wildman–Crippen LogP) is 3.23. The van der Waals surface area contributed by atoms with E-state index in [9.17, 15) is 23.7 Å². The van der Waals surface area contributed by atoms with Crippen LogP contribution >= 0.6 is 15.9 Å². The molecule has 0 saturated carbocycles. The maximum Gasteiger partial charge on any atom is 0.307 e. The zero-order valence-electron chi connectivity index (χ0n) is 10.1. The second-order valence-corrected chi connectivity index (χ2v) is 5.16. The predicted molar refractivity (Wildman–Crippen MR) is 69.2 cm³/mol. The molecule has 0 saturated heterocycles. The minimum absolute atomic E-state index is 0.0569. The first-order chi connectivity index (χ1) is 8.73. The Labute approximate surface area is 116 Å². The van der Waals surface area contributed by atoms with Crippen molar-refractivity contribution in [3.8, 4) is 0 Å². The van der Waals surface area contributed by atoms with Gasteiger partial charge in [-0.2, -0.15) is 4.39 Å². The summed E-state index contributed by atoms with van der Waals surface area (Å²) in [7, 11) is 0. The van der Waals surface area contributed by atoms with Crippen molar-refractivity contribution in [2.75, 3.05) is 5.32 Å². The van der Waals surface area contributed by atoms with Crippen LogP contribution in [-0.4, -0.2) is 15.7 Å². The number of nitro benzene ring substituents is 1. The summed E-state index contributed by atoms with van der Waals surface area (Å²) in [6.45, 7) is 3.53. The molecule has 0 aliphatic carbocycles. The zero-order chi connectivity index (χ0) is 14.7. The van der Waals surface area contributed by atoms with Crippen LogP contribution in [0.1, 0.15) is 13.8 Å². The van der Waals surface area contributed by atoms with E-state index in [2.05, 4.69) is 21.2 Å². The van der Waals surface area contributed by atoms with Crippen LogP contribution in [-0.2, 0) is 4.79 Å². The number of benzene rings is 1. The molecule has 0 radical (unpaired) electrons. The lowest BCUT2D eigenvalue weighted by Crippen LogP contribution is -2.27. The molecule has 1 unspecified atom stereocenters. The molecular formula is C11H11BrF2N2O3. The first-order valence-electron chi connectivity index (χ1n) is 5.32. The molecule has 1 amide bonds. The molecule has 1 aromatic rings. The Morgan fingerprint density at radius 3 is 2.42 bits per heavy atom. The lowest BCUT2D eigenvalue weighted by molar-refractivity contribution is -0.387. The van der Waals surface area contributed by atoms with E-state index < -0.39 is 38.7 Å². The summed E-state index contributed by atoms with van der Waals surface area (Å²) >= 11 is 3.11. The third kappa shape index (κ3) is 3.69. The number of hydrogen-bond acceptors (Lipinski definition) is 3. The van der Waals surface area contributed by atoms with Crippen molar-refractivity contribution in [2.45, 2.75) is 18.7 Å². The van der Waals surface area contributed by atoms with Gasteiger partial charge in [-0.05, 0) is 5.92 Å². The minimum Gasteiger partial charge on any atom is -0.322 e. The van der Waals surface area contributed by atoms with Crippen molar-refractivity contribution in [2.24, 2.45) is 5.92 Å². The van der Waals surface area contributed by atoms with E-state index in [0.29, 0.717) is 12.1 Å². The van der Waals surface area contributed by atoms with E-state index >= 15 is 0 Å². The van der Waals surface area contributed by atoms with Gasteiger partial charge in [-0.1, -0.05) is 29.8 Å². The highest BCUT2D eigenvalue weighted by atomic mass is 79.9. The largest absolute Gasteiger partial charge is 0.322 e. The van der Waals surface area contributed by atoms with Crippen molar-refractivity contribution >= 4 is 33.2 Å². The van der Waals surface area contributed by atoms with Gasteiger partial charge in [0.15, 0.2) is 0 Å². The highest BCUT2D eigenvalue weighted by Crippen LogP contribution is 2.26. The monoisotopic (exact) mass is 336 g/mol. The fraction of sp³-hybridized carbons (Fsp3) is 0.364. The van der Waals surface area contributed by atoms with Crippen molar-refractivity contribution in [3.63, 3.8) is 0 Å². The standard InChI is InChI=1S/C11H11BrF2N2O3/c1-5(2)10(12)11(17)15-8-4-9(16(18)19)7(14)3-6(8)13/h3-5,10H,1-2H3,(H,15,17). The summed E-state index contributed by atoms with van der Waals surface area (Å²) in [5.41, 5.74) is -1.32. The van der Waals surface area contributed by atoms with E-state index in [1.807, 2.05) is 0 Å². The topological polar surface area (TPSA) is 72.2 Å². The Morgan fingerprint density at radius 2 is 1.95 bits per heavy atom. The van der Waals surface area contributed by atoms with E-state index in [-0.39, 0.29) is 5.92 Å². The Bertz CT molecular complexity index is 523. The highest BCUT2D eigenvalue weighted by molar-refractivity contribution is 9.10. The van der Waals surface area contributed by atoms with Gasteiger partial charge < -0.3 is 5.32 Å². The number of anilines is 1. The molecule has 104 valence electrons. The van der Waals surface area contributed by atoms with Crippen LogP contribution in [0, 0.1) is 27.7 Å². The Hall–Kier alpha value is -1.57. The van der Waals surface area contributed by atoms with Gasteiger partial charge in [0.1, 0.15) is 5.82 Å². The maximum absolute atomic E-state index is 13.4. The first kappa shape index (κ1) is 15.5. The number of hydrogen-bond donors (Lipinski definition) is 1. The number of amides is 1. The van der Waals surface area contributed by atoms with Crippen molar-refractivity contribution in [1.29, 1.82) is 0 Å². The average Bonchev–Trinajstić information content (AvgIpc) is 2.30. The molecule has 0 fully saturated rings.